The summed E-state index contributed by atoms with van der Waals surface area (Å²) in [6.45, 7) is 1.65. The molecule has 0 aliphatic rings. The van der Waals surface area contributed by atoms with Gasteiger partial charge in [-0.1, -0.05) is 11.6 Å². The molecule has 25 heavy (non-hydrogen) atoms. The molecule has 1 aromatic carbocycles. The Kier molecular flexibility index (Phi) is 5.34. The smallest absolute Gasteiger partial charge is 0.266 e. The number of carbonyl (C=O) groups is 1. The standard InChI is InChI=1S/C17H12ClN3O2S2/c1-10(23-12-4-2-11(8-19)3-5-12)16(22)21-17-20-13(9-24-17)14-6-7-15(18)25-14/h2-7,9-10H,1H3,(H,20,21,22). The number of aromatic nitrogens is 1. The predicted octanol–water partition coefficient (Wildman–Crippen LogP) is 4.80. The van der Waals surface area contributed by atoms with Gasteiger partial charge in [0.1, 0.15) is 5.75 Å². The molecule has 3 rings (SSSR count). The number of thiophene rings is 1. The molecular formula is C17H12ClN3O2S2. The Morgan fingerprint density at radius 3 is 2.72 bits per heavy atom. The first-order valence-electron chi connectivity index (χ1n) is 7.24. The minimum atomic E-state index is -0.698. The number of carbonyl (C=O) groups excluding carboxylic acids is 1. The monoisotopic (exact) mass is 389 g/mol. The number of thiazole rings is 1. The molecule has 5 nitrogen and oxygen atoms in total. The number of anilines is 1. The van der Waals surface area contributed by atoms with Crippen molar-refractivity contribution < 1.29 is 9.53 Å². The summed E-state index contributed by atoms with van der Waals surface area (Å²) in [6, 6.07) is 12.3. The second-order valence-electron chi connectivity index (χ2n) is 5.03. The molecule has 3 aromatic rings. The molecule has 0 saturated heterocycles. The number of rotatable bonds is 5. The lowest BCUT2D eigenvalue weighted by Crippen LogP contribution is -2.30. The van der Waals surface area contributed by atoms with Gasteiger partial charge in [-0.05, 0) is 43.3 Å². The number of nitrogens with one attached hydrogen (secondary N) is 1. The minimum absolute atomic E-state index is 0.297. The van der Waals surface area contributed by atoms with Gasteiger partial charge in [-0.25, -0.2) is 4.98 Å². The average Bonchev–Trinajstić information content (AvgIpc) is 3.24. The largest absolute Gasteiger partial charge is 0.481 e. The zero-order valence-corrected chi connectivity index (χ0v) is 15.4. The summed E-state index contributed by atoms with van der Waals surface area (Å²) in [4.78, 5) is 17.6. The van der Waals surface area contributed by atoms with Crippen molar-refractivity contribution in [3.05, 3.63) is 51.7 Å². The highest BCUT2D eigenvalue weighted by molar-refractivity contribution is 7.20. The maximum absolute atomic E-state index is 12.2. The van der Waals surface area contributed by atoms with Gasteiger partial charge in [0.15, 0.2) is 11.2 Å². The van der Waals surface area contributed by atoms with Gasteiger partial charge < -0.3 is 4.74 Å². The van der Waals surface area contributed by atoms with Crippen LogP contribution in [0.5, 0.6) is 5.75 Å². The Morgan fingerprint density at radius 1 is 1.32 bits per heavy atom. The van der Waals surface area contributed by atoms with Crippen LogP contribution in [0.2, 0.25) is 4.34 Å². The summed E-state index contributed by atoms with van der Waals surface area (Å²) in [7, 11) is 0. The highest BCUT2D eigenvalue weighted by Gasteiger charge is 2.17. The Labute approximate surface area is 157 Å². The van der Waals surface area contributed by atoms with E-state index in [-0.39, 0.29) is 5.91 Å². The fourth-order valence-corrected chi connectivity index (χ4v) is 3.76. The molecule has 0 saturated carbocycles. The van der Waals surface area contributed by atoms with E-state index in [1.54, 1.807) is 31.2 Å². The molecule has 1 atom stereocenters. The van der Waals surface area contributed by atoms with E-state index in [0.717, 1.165) is 10.6 Å². The number of hydrogen-bond donors (Lipinski definition) is 1. The number of hydrogen-bond acceptors (Lipinski definition) is 6. The summed E-state index contributed by atoms with van der Waals surface area (Å²) in [5.41, 5.74) is 1.31. The maximum atomic E-state index is 12.2. The second kappa shape index (κ2) is 7.66. The van der Waals surface area contributed by atoms with Gasteiger partial charge in [-0.15, -0.1) is 22.7 Å². The molecule has 1 amide bonds. The van der Waals surface area contributed by atoms with Gasteiger partial charge in [-0.3, -0.25) is 10.1 Å². The predicted molar refractivity (Wildman–Crippen MR) is 100 cm³/mol. The molecule has 8 heteroatoms. The minimum Gasteiger partial charge on any atom is -0.481 e. The third kappa shape index (κ3) is 4.37. The fraction of sp³-hybridized carbons (Fsp3) is 0.118. The maximum Gasteiger partial charge on any atom is 0.266 e. The first-order chi connectivity index (χ1) is 12.0. The van der Waals surface area contributed by atoms with Crippen molar-refractivity contribution in [3.63, 3.8) is 0 Å². The lowest BCUT2D eigenvalue weighted by atomic mass is 10.2. The van der Waals surface area contributed by atoms with E-state index >= 15 is 0 Å². The van der Waals surface area contributed by atoms with Crippen molar-refractivity contribution in [2.24, 2.45) is 0 Å². The normalized spacial score (nSPS) is 11.6. The quantitative estimate of drug-likeness (QED) is 0.679. The number of halogens is 1. The van der Waals surface area contributed by atoms with Crippen molar-refractivity contribution in [2.45, 2.75) is 13.0 Å². The number of benzene rings is 1. The molecular weight excluding hydrogens is 378 g/mol. The van der Waals surface area contributed by atoms with Crippen LogP contribution in [-0.4, -0.2) is 17.0 Å². The van der Waals surface area contributed by atoms with Crippen LogP contribution in [0.15, 0.2) is 41.8 Å². The Morgan fingerprint density at radius 2 is 2.08 bits per heavy atom. The van der Waals surface area contributed by atoms with E-state index in [1.165, 1.54) is 22.7 Å². The van der Waals surface area contributed by atoms with Crippen LogP contribution < -0.4 is 10.1 Å². The van der Waals surface area contributed by atoms with E-state index in [0.29, 0.717) is 20.8 Å². The first kappa shape index (κ1) is 17.4. The van der Waals surface area contributed by atoms with Crippen LogP contribution in [-0.2, 0) is 4.79 Å². The third-order valence-electron chi connectivity index (χ3n) is 3.23. The van der Waals surface area contributed by atoms with Crippen molar-refractivity contribution in [3.8, 4) is 22.4 Å². The van der Waals surface area contributed by atoms with E-state index < -0.39 is 6.10 Å². The summed E-state index contributed by atoms with van der Waals surface area (Å²) in [6.07, 6.45) is -0.698. The lowest BCUT2D eigenvalue weighted by Gasteiger charge is -2.13. The van der Waals surface area contributed by atoms with Crippen LogP contribution >= 0.6 is 34.3 Å². The number of nitrogens with zero attached hydrogens (tertiary/aromatic N) is 2. The van der Waals surface area contributed by atoms with Gasteiger partial charge in [0.2, 0.25) is 0 Å². The van der Waals surface area contributed by atoms with Crippen molar-refractivity contribution >= 4 is 45.3 Å². The first-order valence-corrected chi connectivity index (χ1v) is 9.31. The number of ether oxygens (including phenoxy) is 1. The van der Waals surface area contributed by atoms with Gasteiger partial charge in [0.05, 0.1) is 26.5 Å². The van der Waals surface area contributed by atoms with Crippen LogP contribution in [0, 0.1) is 11.3 Å². The SMILES string of the molecule is CC(Oc1ccc(C#N)cc1)C(=O)Nc1nc(-c2ccc(Cl)s2)cs1. The average molecular weight is 390 g/mol. The molecule has 1 unspecified atom stereocenters. The van der Waals surface area contributed by atoms with Gasteiger partial charge in [0.25, 0.3) is 5.91 Å². The molecule has 0 radical (unpaired) electrons. The Balaban J connectivity index is 1.61. The lowest BCUT2D eigenvalue weighted by molar-refractivity contribution is -0.122. The van der Waals surface area contributed by atoms with Crippen molar-refractivity contribution in [2.75, 3.05) is 5.32 Å². The third-order valence-corrected chi connectivity index (χ3v) is 5.24. The molecule has 0 spiro atoms. The highest BCUT2D eigenvalue weighted by Crippen LogP contribution is 2.32. The molecule has 0 fully saturated rings. The summed E-state index contributed by atoms with van der Waals surface area (Å²) in [5, 5.41) is 13.9. The Bertz CT molecular complexity index is 928. The van der Waals surface area contributed by atoms with Crippen LogP contribution in [0.25, 0.3) is 10.6 Å². The van der Waals surface area contributed by atoms with E-state index in [2.05, 4.69) is 10.3 Å². The van der Waals surface area contributed by atoms with Gasteiger partial charge in [-0.2, -0.15) is 5.26 Å². The number of nitriles is 1. The topological polar surface area (TPSA) is 75.0 Å². The van der Waals surface area contributed by atoms with Crippen LogP contribution in [0.3, 0.4) is 0 Å². The van der Waals surface area contributed by atoms with Gasteiger partial charge >= 0.3 is 0 Å². The van der Waals surface area contributed by atoms with Crippen LogP contribution in [0.4, 0.5) is 5.13 Å². The zero-order chi connectivity index (χ0) is 17.8. The molecule has 0 aliphatic heterocycles. The summed E-state index contributed by atoms with van der Waals surface area (Å²) < 4.78 is 6.28. The molecule has 2 aromatic heterocycles. The van der Waals surface area contributed by atoms with E-state index in [9.17, 15) is 4.79 Å². The fourth-order valence-electron chi connectivity index (χ4n) is 1.97. The highest BCUT2D eigenvalue weighted by atomic mass is 35.5. The zero-order valence-electron chi connectivity index (χ0n) is 13.0. The molecule has 0 aliphatic carbocycles. The van der Waals surface area contributed by atoms with Gasteiger partial charge in [0, 0.05) is 5.38 Å². The Hall–Kier alpha value is -2.40. The van der Waals surface area contributed by atoms with E-state index in [4.69, 9.17) is 21.6 Å². The number of amides is 1. The van der Waals surface area contributed by atoms with Crippen molar-refractivity contribution in [1.29, 1.82) is 5.26 Å². The summed E-state index contributed by atoms with van der Waals surface area (Å²) >= 11 is 8.70. The summed E-state index contributed by atoms with van der Waals surface area (Å²) in [5.74, 6) is 0.226. The van der Waals surface area contributed by atoms with Crippen molar-refractivity contribution in [1.82, 2.24) is 4.98 Å². The molecule has 2 heterocycles. The molecule has 0 bridgehead atoms. The van der Waals surface area contributed by atoms with E-state index in [1.807, 2.05) is 23.6 Å². The molecule has 1 N–H and O–H groups in total. The molecule has 126 valence electrons. The second-order valence-corrected chi connectivity index (χ2v) is 7.60. The van der Waals surface area contributed by atoms with Crippen LogP contribution in [0.1, 0.15) is 12.5 Å².